The Morgan fingerprint density at radius 3 is 2.46 bits per heavy atom. The second-order valence-electron chi connectivity index (χ2n) is 8.03. The van der Waals surface area contributed by atoms with Gasteiger partial charge in [-0.3, -0.25) is 9.36 Å². The Morgan fingerprint density at radius 1 is 1.00 bits per heavy atom. The van der Waals surface area contributed by atoms with Crippen molar-refractivity contribution in [2.24, 2.45) is 0 Å². The summed E-state index contributed by atoms with van der Waals surface area (Å²) in [7, 11) is 0. The zero-order valence-corrected chi connectivity index (χ0v) is 19.7. The van der Waals surface area contributed by atoms with Crippen molar-refractivity contribution in [2.75, 3.05) is 10.6 Å². The maximum atomic E-state index is 13.1. The Balaban J connectivity index is 1.40. The van der Waals surface area contributed by atoms with Gasteiger partial charge in [0, 0.05) is 6.20 Å². The highest BCUT2D eigenvalue weighted by atomic mass is 32.1. The summed E-state index contributed by atoms with van der Waals surface area (Å²) in [6.07, 6.45) is -1.01. The molecule has 35 heavy (non-hydrogen) atoms. The molecular weight excluding hydrogens is 480 g/mol. The molecule has 0 aliphatic carbocycles. The van der Waals surface area contributed by atoms with Crippen molar-refractivity contribution in [3.05, 3.63) is 94.8 Å². The van der Waals surface area contributed by atoms with Crippen LogP contribution in [0.25, 0.3) is 0 Å². The van der Waals surface area contributed by atoms with E-state index in [9.17, 15) is 17.6 Å². The van der Waals surface area contributed by atoms with E-state index in [2.05, 4.69) is 20.8 Å². The number of benzene rings is 2. The highest BCUT2D eigenvalue weighted by Crippen LogP contribution is 2.30. The van der Waals surface area contributed by atoms with Gasteiger partial charge in [-0.2, -0.15) is 23.4 Å². The third-order valence-electron chi connectivity index (χ3n) is 5.36. The molecule has 6 nitrogen and oxygen atoms in total. The number of halogens is 4. The number of aromatic nitrogens is 4. The van der Waals surface area contributed by atoms with Gasteiger partial charge in [0.05, 0.1) is 47.6 Å². The smallest absolute Gasteiger partial charge is 0.330 e. The third kappa shape index (κ3) is 6.04. The normalized spacial score (nSPS) is 11.5. The number of aryl methyl sites for hydroxylation is 1. The van der Waals surface area contributed by atoms with E-state index in [0.29, 0.717) is 34.3 Å². The molecule has 2 heterocycles. The summed E-state index contributed by atoms with van der Waals surface area (Å²) < 4.78 is 55.5. The molecule has 0 saturated heterocycles. The molecule has 2 aromatic carbocycles. The summed E-state index contributed by atoms with van der Waals surface area (Å²) in [5, 5.41) is 15.2. The first-order chi connectivity index (χ1) is 16.6. The number of rotatable bonds is 6. The van der Waals surface area contributed by atoms with Crippen LogP contribution < -0.4 is 10.6 Å². The average molecular weight is 503 g/mol. The van der Waals surface area contributed by atoms with Crippen molar-refractivity contribution in [1.82, 2.24) is 19.6 Å². The lowest BCUT2D eigenvalue weighted by Gasteiger charge is -2.11. The van der Waals surface area contributed by atoms with E-state index in [0.717, 1.165) is 23.4 Å². The second-order valence-corrected chi connectivity index (χ2v) is 8.44. The molecule has 182 valence electrons. The maximum absolute atomic E-state index is 13.1. The molecular formula is C24H22F4N6S. The summed E-state index contributed by atoms with van der Waals surface area (Å²) >= 11 is 5.42. The Morgan fingerprint density at radius 2 is 1.74 bits per heavy atom. The van der Waals surface area contributed by atoms with E-state index in [1.165, 1.54) is 18.2 Å². The molecule has 4 aromatic rings. The van der Waals surface area contributed by atoms with Gasteiger partial charge in [0.1, 0.15) is 5.82 Å². The molecule has 0 aliphatic heterocycles. The van der Waals surface area contributed by atoms with Crippen LogP contribution in [0.3, 0.4) is 0 Å². The molecule has 0 saturated carbocycles. The molecule has 11 heteroatoms. The van der Waals surface area contributed by atoms with Crippen LogP contribution in [0.1, 0.15) is 28.1 Å². The predicted molar refractivity (Wildman–Crippen MR) is 130 cm³/mol. The first kappa shape index (κ1) is 24.4. The number of hydrogen-bond acceptors (Lipinski definition) is 3. The molecule has 4 rings (SSSR count). The molecule has 0 bridgehead atoms. The van der Waals surface area contributed by atoms with Crippen molar-refractivity contribution < 1.29 is 17.6 Å². The van der Waals surface area contributed by atoms with Gasteiger partial charge >= 0.3 is 6.18 Å². The lowest BCUT2D eigenvalue weighted by atomic mass is 10.1. The third-order valence-corrected chi connectivity index (χ3v) is 5.56. The van der Waals surface area contributed by atoms with E-state index in [1.54, 1.807) is 46.9 Å². The molecule has 0 spiro atoms. The van der Waals surface area contributed by atoms with Crippen LogP contribution in [-0.2, 0) is 19.3 Å². The van der Waals surface area contributed by atoms with Crippen LogP contribution in [0.4, 0.5) is 28.9 Å². The van der Waals surface area contributed by atoms with E-state index in [-0.39, 0.29) is 12.4 Å². The van der Waals surface area contributed by atoms with Crippen LogP contribution >= 0.6 is 12.2 Å². The van der Waals surface area contributed by atoms with Gasteiger partial charge < -0.3 is 10.6 Å². The average Bonchev–Trinajstić information content (AvgIpc) is 3.34. The standard InChI is InChI=1S/C24H22F4N6S/c1-15-22(16(2)34(32-15)13-18-4-3-5-19(10-18)24(26,27)28)31-23(35)30-21-11-29-33(14-21)12-17-6-8-20(25)9-7-17/h3-11,14H,12-13H2,1-2H3,(H2,30,31,35). The molecule has 0 unspecified atom stereocenters. The molecule has 0 radical (unpaired) electrons. The molecule has 2 N–H and O–H groups in total. The molecule has 0 atom stereocenters. The molecule has 2 aromatic heterocycles. The van der Waals surface area contributed by atoms with E-state index >= 15 is 0 Å². The van der Waals surface area contributed by atoms with Crippen molar-refractivity contribution in [1.29, 1.82) is 0 Å². The molecule has 0 aliphatic rings. The minimum atomic E-state index is -4.40. The Labute approximate surface area is 204 Å². The topological polar surface area (TPSA) is 59.7 Å². The number of anilines is 2. The summed E-state index contributed by atoms with van der Waals surface area (Å²) in [6.45, 7) is 4.28. The first-order valence-electron chi connectivity index (χ1n) is 10.6. The van der Waals surface area contributed by atoms with Crippen LogP contribution in [0.15, 0.2) is 60.9 Å². The van der Waals surface area contributed by atoms with Gasteiger partial charge in [-0.05, 0) is 61.5 Å². The van der Waals surface area contributed by atoms with Crippen molar-refractivity contribution in [3.63, 3.8) is 0 Å². The molecule has 0 fully saturated rings. The monoisotopic (exact) mass is 502 g/mol. The Kier molecular flexibility index (Phi) is 6.88. The van der Waals surface area contributed by atoms with Crippen molar-refractivity contribution in [3.8, 4) is 0 Å². The van der Waals surface area contributed by atoms with E-state index < -0.39 is 11.7 Å². The zero-order valence-electron chi connectivity index (χ0n) is 18.9. The summed E-state index contributed by atoms with van der Waals surface area (Å²) in [4.78, 5) is 0. The highest BCUT2D eigenvalue weighted by Gasteiger charge is 2.30. The number of alkyl halides is 3. The largest absolute Gasteiger partial charge is 0.416 e. The number of hydrogen-bond donors (Lipinski definition) is 2. The maximum Gasteiger partial charge on any atom is 0.416 e. The minimum Gasteiger partial charge on any atom is -0.330 e. The van der Waals surface area contributed by atoms with Crippen LogP contribution in [0.2, 0.25) is 0 Å². The quantitative estimate of drug-likeness (QED) is 0.259. The van der Waals surface area contributed by atoms with Crippen LogP contribution in [-0.4, -0.2) is 24.7 Å². The van der Waals surface area contributed by atoms with Gasteiger partial charge in [0.15, 0.2) is 5.11 Å². The van der Waals surface area contributed by atoms with E-state index in [4.69, 9.17) is 12.2 Å². The van der Waals surface area contributed by atoms with Gasteiger partial charge in [0.2, 0.25) is 0 Å². The lowest BCUT2D eigenvalue weighted by molar-refractivity contribution is -0.137. The minimum absolute atomic E-state index is 0.189. The summed E-state index contributed by atoms with van der Waals surface area (Å²) in [5.41, 5.74) is 3.43. The van der Waals surface area contributed by atoms with E-state index in [1.807, 2.05) is 6.92 Å². The van der Waals surface area contributed by atoms with Gasteiger partial charge in [0.25, 0.3) is 0 Å². The predicted octanol–water partition coefficient (Wildman–Crippen LogP) is 5.76. The fourth-order valence-electron chi connectivity index (χ4n) is 3.62. The van der Waals surface area contributed by atoms with Crippen LogP contribution in [0.5, 0.6) is 0 Å². The number of nitrogens with zero attached hydrogens (tertiary/aromatic N) is 4. The Bertz CT molecular complexity index is 1340. The fraction of sp³-hybridized carbons (Fsp3) is 0.208. The second kappa shape index (κ2) is 9.87. The highest BCUT2D eigenvalue weighted by molar-refractivity contribution is 7.80. The summed E-state index contributed by atoms with van der Waals surface area (Å²) in [5.74, 6) is -0.295. The van der Waals surface area contributed by atoms with Gasteiger partial charge in [-0.25, -0.2) is 4.39 Å². The van der Waals surface area contributed by atoms with Gasteiger partial charge in [-0.1, -0.05) is 24.3 Å². The zero-order chi connectivity index (χ0) is 25.2. The number of nitrogens with one attached hydrogen (secondary N) is 2. The van der Waals surface area contributed by atoms with Crippen molar-refractivity contribution >= 4 is 28.7 Å². The fourth-order valence-corrected chi connectivity index (χ4v) is 3.84. The SMILES string of the molecule is Cc1nn(Cc2cccc(C(F)(F)F)c2)c(C)c1NC(=S)Nc1cnn(Cc2ccc(F)cc2)c1. The van der Waals surface area contributed by atoms with Gasteiger partial charge in [-0.15, -0.1) is 0 Å². The first-order valence-corrected chi connectivity index (χ1v) is 11.0. The summed E-state index contributed by atoms with van der Waals surface area (Å²) in [6, 6.07) is 11.4. The number of thiocarbonyl (C=S) groups is 1. The molecule has 0 amide bonds. The van der Waals surface area contributed by atoms with Crippen molar-refractivity contribution in [2.45, 2.75) is 33.1 Å². The lowest BCUT2D eigenvalue weighted by Crippen LogP contribution is -2.19. The Hall–Kier alpha value is -3.73. The van der Waals surface area contributed by atoms with Crippen LogP contribution in [0, 0.1) is 19.7 Å².